The lowest BCUT2D eigenvalue weighted by molar-refractivity contribution is -0.148. The number of nitrogen functional groups attached to an aromatic ring is 1. The van der Waals surface area contributed by atoms with Crippen molar-refractivity contribution in [1.82, 2.24) is 0 Å². The van der Waals surface area contributed by atoms with E-state index in [0.29, 0.717) is 30.0 Å². The Hall–Kier alpha value is -3.59. The molecule has 1 amide bonds. The van der Waals surface area contributed by atoms with E-state index in [4.69, 9.17) is 31.1 Å². The van der Waals surface area contributed by atoms with Crippen molar-refractivity contribution in [2.24, 2.45) is 17.4 Å². The number of nitrogens with zero attached hydrogens (tertiary/aromatic N) is 1. The van der Waals surface area contributed by atoms with Crippen LogP contribution < -0.4 is 21.1 Å². The molecule has 2 unspecified atom stereocenters. The molecule has 9 nitrogen and oxygen atoms in total. The molecule has 1 fully saturated rings. The molecule has 0 saturated carbocycles. The van der Waals surface area contributed by atoms with Gasteiger partial charge in [0.15, 0.2) is 6.10 Å². The van der Waals surface area contributed by atoms with Crippen LogP contribution in [0.4, 0.5) is 10.5 Å². The van der Waals surface area contributed by atoms with Gasteiger partial charge in [0.05, 0.1) is 13.7 Å². The van der Waals surface area contributed by atoms with Gasteiger partial charge in [-0.1, -0.05) is 26.0 Å². The van der Waals surface area contributed by atoms with Gasteiger partial charge in [0.2, 0.25) is 0 Å². The zero-order valence-electron chi connectivity index (χ0n) is 19.0. The van der Waals surface area contributed by atoms with Gasteiger partial charge in [-0.2, -0.15) is 0 Å². The second-order valence-electron chi connectivity index (χ2n) is 8.40. The fourth-order valence-electron chi connectivity index (χ4n) is 3.57. The third kappa shape index (κ3) is 5.43. The molecule has 0 aromatic heterocycles. The van der Waals surface area contributed by atoms with E-state index in [9.17, 15) is 9.59 Å². The number of nitrogens with one attached hydrogen (secondary N) is 1. The van der Waals surface area contributed by atoms with E-state index in [2.05, 4.69) is 0 Å². The summed E-state index contributed by atoms with van der Waals surface area (Å²) in [4.78, 5) is 25.9. The van der Waals surface area contributed by atoms with E-state index >= 15 is 0 Å². The van der Waals surface area contributed by atoms with Gasteiger partial charge in [-0.25, -0.2) is 4.79 Å². The number of esters is 1. The van der Waals surface area contributed by atoms with Crippen molar-refractivity contribution in [3.8, 4) is 5.75 Å². The first kappa shape index (κ1) is 24.1. The lowest BCUT2D eigenvalue weighted by atomic mass is 9.82. The molecule has 3 rings (SSSR count). The van der Waals surface area contributed by atoms with E-state index < -0.39 is 23.7 Å². The average molecular weight is 455 g/mol. The van der Waals surface area contributed by atoms with Crippen molar-refractivity contribution in [2.45, 2.75) is 31.9 Å². The molecular weight excluding hydrogens is 424 g/mol. The quantitative estimate of drug-likeness (QED) is 0.300. The molecule has 1 heterocycles. The number of ether oxygens (including phenoxy) is 3. The van der Waals surface area contributed by atoms with Gasteiger partial charge in [0.25, 0.3) is 0 Å². The lowest BCUT2D eigenvalue weighted by Crippen LogP contribution is -2.54. The first-order chi connectivity index (χ1) is 15.6. The largest absolute Gasteiger partial charge is 0.490 e. The highest BCUT2D eigenvalue weighted by Crippen LogP contribution is 2.25. The molecule has 33 heavy (non-hydrogen) atoms. The molecule has 1 aliphatic heterocycles. The minimum atomic E-state index is -1.11. The SMILES string of the molecule is COC(=O)C(N)(Cc1ccc(OCC2CN(c3ccc(C(=N)N)cc3)C(=O)O2)cc1)C(C)C. The Balaban J connectivity index is 1.57. The molecule has 2 atom stereocenters. The molecule has 1 aliphatic rings. The van der Waals surface area contributed by atoms with Gasteiger partial charge in [-0.3, -0.25) is 15.1 Å². The van der Waals surface area contributed by atoms with Crippen LogP contribution in [-0.2, 0) is 20.7 Å². The maximum atomic E-state index is 12.3. The zero-order chi connectivity index (χ0) is 24.2. The second kappa shape index (κ2) is 9.91. The van der Waals surface area contributed by atoms with Crippen LogP contribution in [-0.4, -0.2) is 49.8 Å². The van der Waals surface area contributed by atoms with E-state index in [-0.39, 0.29) is 18.4 Å². The molecule has 9 heteroatoms. The standard InChI is InChI=1S/C24H30N4O5/c1-15(2)24(27,22(29)31-3)12-16-4-10-19(11-5-16)32-14-20-13-28(23(30)33-20)18-8-6-17(7-9-18)21(25)26/h4-11,15,20H,12-14,27H2,1-3H3,(H3,25,26). The van der Waals surface area contributed by atoms with E-state index in [1.165, 1.54) is 12.0 Å². The van der Waals surface area contributed by atoms with Gasteiger partial charge in [-0.15, -0.1) is 0 Å². The number of hydrogen-bond donors (Lipinski definition) is 3. The van der Waals surface area contributed by atoms with Crippen LogP contribution in [0.1, 0.15) is 25.0 Å². The molecule has 1 saturated heterocycles. The third-order valence-corrected chi connectivity index (χ3v) is 5.82. The Morgan fingerprint density at radius 3 is 2.39 bits per heavy atom. The lowest BCUT2D eigenvalue weighted by Gasteiger charge is -2.30. The predicted molar refractivity (Wildman–Crippen MR) is 124 cm³/mol. The number of carbonyl (C=O) groups excluding carboxylic acids is 2. The number of methoxy groups -OCH3 is 1. The topological polar surface area (TPSA) is 141 Å². The summed E-state index contributed by atoms with van der Waals surface area (Å²) in [6.07, 6.45) is -0.540. The number of carbonyl (C=O) groups is 2. The Morgan fingerprint density at radius 1 is 1.21 bits per heavy atom. The number of hydrogen-bond acceptors (Lipinski definition) is 7. The second-order valence-corrected chi connectivity index (χ2v) is 8.40. The summed E-state index contributed by atoms with van der Waals surface area (Å²) in [5, 5.41) is 7.46. The summed E-state index contributed by atoms with van der Waals surface area (Å²) in [5.41, 5.74) is 12.8. The van der Waals surface area contributed by atoms with Crippen molar-refractivity contribution in [1.29, 1.82) is 5.41 Å². The molecule has 2 aromatic rings. The fraction of sp³-hybridized carbons (Fsp3) is 0.375. The van der Waals surface area contributed by atoms with E-state index in [1.54, 1.807) is 36.4 Å². The van der Waals surface area contributed by atoms with Crippen molar-refractivity contribution in [3.05, 3.63) is 59.7 Å². The number of benzene rings is 2. The maximum absolute atomic E-state index is 12.3. The van der Waals surface area contributed by atoms with Crippen molar-refractivity contribution in [3.63, 3.8) is 0 Å². The Kier molecular flexibility index (Phi) is 7.23. The van der Waals surface area contributed by atoms with Crippen LogP contribution >= 0.6 is 0 Å². The van der Waals surface area contributed by atoms with Gasteiger partial charge in [0.1, 0.15) is 23.7 Å². The molecule has 0 radical (unpaired) electrons. The number of amidine groups is 1. The van der Waals surface area contributed by atoms with Gasteiger partial charge >= 0.3 is 12.1 Å². The zero-order valence-corrected chi connectivity index (χ0v) is 19.0. The molecular formula is C24H30N4O5. The highest BCUT2D eigenvalue weighted by molar-refractivity contribution is 5.96. The summed E-state index contributed by atoms with van der Waals surface area (Å²) in [7, 11) is 1.33. The summed E-state index contributed by atoms with van der Waals surface area (Å²) < 4.78 is 16.1. The summed E-state index contributed by atoms with van der Waals surface area (Å²) in [6.45, 7) is 4.32. The van der Waals surface area contributed by atoms with E-state index in [0.717, 1.165) is 5.56 Å². The fourth-order valence-corrected chi connectivity index (χ4v) is 3.57. The molecule has 0 bridgehead atoms. The van der Waals surface area contributed by atoms with Crippen molar-refractivity contribution >= 4 is 23.6 Å². The normalized spacial score (nSPS) is 17.4. The van der Waals surface area contributed by atoms with Gasteiger partial charge in [0, 0.05) is 17.7 Å². The van der Waals surface area contributed by atoms with Gasteiger partial charge in [-0.05, 0) is 47.9 Å². The third-order valence-electron chi connectivity index (χ3n) is 5.82. The number of cyclic esters (lactones) is 1. The molecule has 0 spiro atoms. The van der Waals surface area contributed by atoms with Crippen LogP contribution in [0.15, 0.2) is 48.5 Å². The Morgan fingerprint density at radius 2 is 1.85 bits per heavy atom. The van der Waals surface area contributed by atoms with Gasteiger partial charge < -0.3 is 25.7 Å². The van der Waals surface area contributed by atoms with Crippen molar-refractivity contribution < 1.29 is 23.8 Å². The Labute approximate surface area is 193 Å². The predicted octanol–water partition coefficient (Wildman–Crippen LogP) is 2.44. The highest BCUT2D eigenvalue weighted by atomic mass is 16.6. The molecule has 5 N–H and O–H groups in total. The number of amides is 1. The number of rotatable bonds is 9. The number of nitrogens with two attached hydrogens (primary N) is 2. The first-order valence-electron chi connectivity index (χ1n) is 10.7. The maximum Gasteiger partial charge on any atom is 0.414 e. The van der Waals surface area contributed by atoms with Crippen LogP contribution in [0.2, 0.25) is 0 Å². The minimum Gasteiger partial charge on any atom is -0.490 e. The minimum absolute atomic E-state index is 0.0329. The first-order valence-corrected chi connectivity index (χ1v) is 10.7. The summed E-state index contributed by atoms with van der Waals surface area (Å²) >= 11 is 0. The van der Waals surface area contributed by atoms with E-state index in [1.807, 2.05) is 26.0 Å². The average Bonchev–Trinajstić information content (AvgIpc) is 3.18. The Bertz CT molecular complexity index is 1010. The molecule has 0 aliphatic carbocycles. The highest BCUT2D eigenvalue weighted by Gasteiger charge is 2.38. The van der Waals surface area contributed by atoms with Crippen LogP contribution in [0.5, 0.6) is 5.75 Å². The smallest absolute Gasteiger partial charge is 0.414 e. The monoisotopic (exact) mass is 454 g/mol. The molecule has 2 aromatic carbocycles. The van der Waals surface area contributed by atoms with Crippen LogP contribution in [0.3, 0.4) is 0 Å². The van der Waals surface area contributed by atoms with Crippen molar-refractivity contribution in [2.75, 3.05) is 25.2 Å². The van der Waals surface area contributed by atoms with Crippen LogP contribution in [0, 0.1) is 11.3 Å². The van der Waals surface area contributed by atoms with Crippen LogP contribution in [0.25, 0.3) is 0 Å². The number of anilines is 1. The summed E-state index contributed by atoms with van der Waals surface area (Å²) in [5.74, 6) is 0.0414. The summed E-state index contributed by atoms with van der Waals surface area (Å²) in [6, 6.07) is 14.1. The molecule has 176 valence electrons.